The Labute approximate surface area is 256 Å². The van der Waals surface area contributed by atoms with Crippen molar-refractivity contribution in [1.82, 2.24) is 4.90 Å². The minimum atomic E-state index is -0.300. The van der Waals surface area contributed by atoms with E-state index in [9.17, 15) is 9.59 Å². The summed E-state index contributed by atoms with van der Waals surface area (Å²) in [4.78, 5) is 24.9. The van der Waals surface area contributed by atoms with Crippen LogP contribution in [0.15, 0.2) is 36.4 Å². The summed E-state index contributed by atoms with van der Waals surface area (Å²) in [5.74, 6) is 1.75. The molecule has 1 aromatic carbocycles. The molecular formula is C35H59NO6. The summed E-state index contributed by atoms with van der Waals surface area (Å²) in [6.45, 7) is 20.2. The number of aldehydes is 1. The molecule has 1 unspecified atom stereocenters. The zero-order valence-corrected chi connectivity index (χ0v) is 27.8. The smallest absolute Gasteiger partial charge is 0.310 e. The van der Waals surface area contributed by atoms with Crippen LogP contribution in [-0.4, -0.2) is 70.8 Å². The van der Waals surface area contributed by atoms with E-state index in [2.05, 4.69) is 25.3 Å². The fourth-order valence-corrected chi connectivity index (χ4v) is 4.51. The first-order chi connectivity index (χ1) is 20.2. The maximum Gasteiger partial charge on any atom is 0.310 e. The van der Waals surface area contributed by atoms with E-state index in [0.717, 1.165) is 43.4 Å². The number of allylic oxidation sites excluding steroid dienone is 1. The maximum absolute atomic E-state index is 12.6. The van der Waals surface area contributed by atoms with Gasteiger partial charge in [0.25, 0.3) is 0 Å². The van der Waals surface area contributed by atoms with Crippen LogP contribution in [0.4, 0.5) is 0 Å². The number of rotatable bonds is 16. The SMILES string of the molecule is C=C(COC)COc1ccc(CCC(C)C)c(OC)c1CC(=O)OCC(C)/C=C/C.CC.O=CCN1CCCCCC1. The molecule has 0 spiro atoms. The second kappa shape index (κ2) is 24.9. The predicted molar refractivity (Wildman–Crippen MR) is 174 cm³/mol. The molecule has 1 saturated heterocycles. The summed E-state index contributed by atoms with van der Waals surface area (Å²) in [6.07, 6.45) is 12.2. The second-order valence-electron chi connectivity index (χ2n) is 10.9. The molecule has 1 fully saturated rings. The first-order valence-corrected chi connectivity index (χ1v) is 15.7. The van der Waals surface area contributed by atoms with Crippen molar-refractivity contribution < 1.29 is 28.5 Å². The van der Waals surface area contributed by atoms with Crippen LogP contribution in [0.25, 0.3) is 0 Å². The third-order valence-electron chi connectivity index (χ3n) is 6.66. The molecular weight excluding hydrogens is 530 g/mol. The average molecular weight is 590 g/mol. The largest absolute Gasteiger partial charge is 0.496 e. The number of nitrogens with zero attached hydrogens (tertiary/aromatic N) is 1. The standard InChI is InChI=1S/C25H38O5.C8H15NO.C2H6/c1-8-9-19(4)16-30-24(26)14-22-23(29-17-20(5)15-27-6)13-12-21(25(22)28-7)11-10-18(2)3;10-8-7-9-5-3-1-2-4-6-9;1-2/h8-9,12-13,18-19H,5,10-11,14-17H2,1-4,6-7H3;8H,1-7H2;1-2H3/b9-8+;;. The van der Waals surface area contributed by atoms with Crippen molar-refractivity contribution >= 4 is 12.3 Å². The number of likely N-dealkylation sites (tertiary alicyclic amines) is 1. The number of hydrogen-bond donors (Lipinski definition) is 0. The van der Waals surface area contributed by atoms with Crippen molar-refractivity contribution in [3.8, 4) is 11.5 Å². The number of carbonyl (C=O) groups excluding carboxylic acids is 2. The van der Waals surface area contributed by atoms with Crippen molar-refractivity contribution in [3.05, 3.63) is 47.6 Å². The Balaban J connectivity index is 0.00000116. The Morgan fingerprint density at radius 1 is 1.05 bits per heavy atom. The van der Waals surface area contributed by atoms with E-state index < -0.39 is 0 Å². The average Bonchev–Trinajstić information content (AvgIpc) is 3.25. The molecule has 0 aromatic heterocycles. The van der Waals surface area contributed by atoms with Crippen LogP contribution in [-0.2, 0) is 31.9 Å². The van der Waals surface area contributed by atoms with Crippen LogP contribution >= 0.6 is 0 Å². The van der Waals surface area contributed by atoms with Gasteiger partial charge in [0.15, 0.2) is 0 Å². The highest BCUT2D eigenvalue weighted by molar-refractivity contribution is 5.75. The van der Waals surface area contributed by atoms with E-state index in [1.807, 2.05) is 52.0 Å². The van der Waals surface area contributed by atoms with Crippen molar-refractivity contribution in [2.45, 2.75) is 86.5 Å². The van der Waals surface area contributed by atoms with Crippen LogP contribution in [0.2, 0.25) is 0 Å². The number of aryl methyl sites for hydroxylation is 1. The molecule has 7 nitrogen and oxygen atoms in total. The Morgan fingerprint density at radius 2 is 1.71 bits per heavy atom. The molecule has 0 N–H and O–H groups in total. The van der Waals surface area contributed by atoms with Gasteiger partial charge in [0.05, 0.1) is 33.3 Å². The van der Waals surface area contributed by atoms with Crippen LogP contribution in [0.1, 0.15) is 84.8 Å². The Hall–Kier alpha value is -2.64. The second-order valence-corrected chi connectivity index (χ2v) is 10.9. The van der Waals surface area contributed by atoms with E-state index in [4.69, 9.17) is 18.9 Å². The lowest BCUT2D eigenvalue weighted by Gasteiger charge is -2.19. The summed E-state index contributed by atoms with van der Waals surface area (Å²) in [6, 6.07) is 3.92. The topological polar surface area (TPSA) is 74.3 Å². The minimum absolute atomic E-state index is 0.0906. The number of hydrogen-bond acceptors (Lipinski definition) is 7. The van der Waals surface area contributed by atoms with Gasteiger partial charge in [0.1, 0.15) is 24.4 Å². The van der Waals surface area contributed by atoms with E-state index in [1.54, 1.807) is 14.2 Å². The molecule has 1 aromatic rings. The van der Waals surface area contributed by atoms with Crippen LogP contribution in [0.5, 0.6) is 11.5 Å². The summed E-state index contributed by atoms with van der Waals surface area (Å²) in [7, 11) is 3.25. The number of ether oxygens (including phenoxy) is 4. The maximum atomic E-state index is 12.6. The molecule has 0 aliphatic carbocycles. The summed E-state index contributed by atoms with van der Waals surface area (Å²) < 4.78 is 22.3. The molecule has 240 valence electrons. The Morgan fingerprint density at radius 3 is 2.26 bits per heavy atom. The van der Waals surface area contributed by atoms with E-state index >= 15 is 0 Å². The van der Waals surface area contributed by atoms with E-state index in [-0.39, 0.29) is 18.3 Å². The zero-order valence-electron chi connectivity index (χ0n) is 27.8. The lowest BCUT2D eigenvalue weighted by atomic mass is 9.98. The van der Waals surface area contributed by atoms with Crippen molar-refractivity contribution in [2.24, 2.45) is 11.8 Å². The van der Waals surface area contributed by atoms with Gasteiger partial charge in [-0.2, -0.15) is 0 Å². The Kier molecular flexibility index (Phi) is 23.3. The molecule has 0 bridgehead atoms. The number of carbonyl (C=O) groups is 2. The fraction of sp³-hybridized carbons (Fsp3) is 0.657. The lowest BCUT2D eigenvalue weighted by molar-refractivity contribution is -0.143. The summed E-state index contributed by atoms with van der Waals surface area (Å²) >= 11 is 0. The van der Waals surface area contributed by atoms with E-state index in [1.165, 1.54) is 25.7 Å². The molecule has 42 heavy (non-hydrogen) atoms. The molecule has 2 rings (SSSR count). The monoisotopic (exact) mass is 589 g/mol. The number of methoxy groups -OCH3 is 2. The molecule has 1 aliphatic rings. The first kappa shape index (κ1) is 39.4. The fourth-order valence-electron chi connectivity index (χ4n) is 4.51. The molecule has 0 saturated carbocycles. The molecule has 1 atom stereocenters. The number of esters is 1. The van der Waals surface area contributed by atoms with Gasteiger partial charge in [-0.25, -0.2) is 0 Å². The first-order valence-electron chi connectivity index (χ1n) is 15.7. The molecule has 7 heteroatoms. The van der Waals surface area contributed by atoms with Crippen molar-refractivity contribution in [1.29, 1.82) is 0 Å². The van der Waals surface area contributed by atoms with Crippen LogP contribution in [0, 0.1) is 11.8 Å². The van der Waals surface area contributed by atoms with Gasteiger partial charge in [-0.05, 0) is 68.8 Å². The van der Waals surface area contributed by atoms with Crippen molar-refractivity contribution in [3.63, 3.8) is 0 Å². The van der Waals surface area contributed by atoms with Gasteiger partial charge in [-0.15, -0.1) is 0 Å². The third-order valence-corrected chi connectivity index (χ3v) is 6.66. The molecule has 1 heterocycles. The van der Waals surface area contributed by atoms with Gasteiger partial charge in [0.2, 0.25) is 0 Å². The highest BCUT2D eigenvalue weighted by Crippen LogP contribution is 2.34. The van der Waals surface area contributed by atoms with Gasteiger partial charge in [-0.3, -0.25) is 9.69 Å². The molecule has 0 amide bonds. The molecule has 0 radical (unpaired) electrons. The highest BCUT2D eigenvalue weighted by atomic mass is 16.5. The van der Waals surface area contributed by atoms with Gasteiger partial charge in [-0.1, -0.05) is 72.3 Å². The van der Waals surface area contributed by atoms with Gasteiger partial charge < -0.3 is 23.7 Å². The summed E-state index contributed by atoms with van der Waals surface area (Å²) in [5, 5.41) is 0. The third kappa shape index (κ3) is 17.3. The Bertz CT molecular complexity index is 903. The highest BCUT2D eigenvalue weighted by Gasteiger charge is 2.20. The van der Waals surface area contributed by atoms with Gasteiger partial charge >= 0.3 is 5.97 Å². The summed E-state index contributed by atoms with van der Waals surface area (Å²) in [5.41, 5.74) is 2.60. The zero-order chi connectivity index (χ0) is 31.8. The van der Waals surface area contributed by atoms with Gasteiger partial charge in [0, 0.05) is 18.6 Å². The quantitative estimate of drug-likeness (QED) is 0.114. The van der Waals surface area contributed by atoms with E-state index in [0.29, 0.717) is 49.3 Å². The van der Waals surface area contributed by atoms with Crippen molar-refractivity contribution in [2.75, 3.05) is 53.7 Å². The van der Waals surface area contributed by atoms with Crippen LogP contribution < -0.4 is 9.47 Å². The minimum Gasteiger partial charge on any atom is -0.496 e. The normalized spacial score (nSPS) is 14.1. The predicted octanol–water partition coefficient (Wildman–Crippen LogP) is 7.25. The molecule has 1 aliphatic heterocycles. The lowest BCUT2D eigenvalue weighted by Crippen LogP contribution is -2.26. The number of benzene rings is 1. The van der Waals surface area contributed by atoms with Crippen LogP contribution in [0.3, 0.4) is 0 Å².